The number of hydrogen-bond donors (Lipinski definition) is 1. The van der Waals surface area contributed by atoms with Crippen LogP contribution in [0.1, 0.15) is 16.8 Å². The second-order valence-electron chi connectivity index (χ2n) is 4.01. The van der Waals surface area contributed by atoms with Gasteiger partial charge in [-0.1, -0.05) is 11.6 Å². The van der Waals surface area contributed by atoms with Crippen LogP contribution in [0.5, 0.6) is 0 Å². The van der Waals surface area contributed by atoms with Crippen LogP contribution in [0.2, 0.25) is 0 Å². The molecule has 1 aromatic heterocycles. The molecule has 0 aliphatic rings. The Hall–Kier alpha value is -1.90. The summed E-state index contributed by atoms with van der Waals surface area (Å²) in [5, 5.41) is 10.9. The number of aromatic nitrogens is 1. The fraction of sp³-hybridized carbons (Fsp3) is 0.231. The molecule has 2 aromatic rings. The maximum Gasteiger partial charge on any atom is 0.309 e. The number of carbonyl (C=O) groups is 1. The fourth-order valence-electron chi connectivity index (χ4n) is 1.99. The zero-order valence-electron chi connectivity index (χ0n) is 9.32. The lowest BCUT2D eigenvalue weighted by molar-refractivity contribution is -0.136. The van der Waals surface area contributed by atoms with E-state index in [1.54, 1.807) is 6.20 Å². The highest BCUT2D eigenvalue weighted by Gasteiger charge is 2.08. The number of carboxylic acid groups (broad SMARTS) is 1. The molecule has 0 aliphatic carbocycles. The quantitative estimate of drug-likeness (QED) is 0.837. The topological polar surface area (TPSA) is 50.2 Å². The van der Waals surface area contributed by atoms with Crippen LogP contribution in [0.15, 0.2) is 24.4 Å². The third-order valence-electron chi connectivity index (χ3n) is 2.63. The first-order valence-electron chi connectivity index (χ1n) is 5.14. The van der Waals surface area contributed by atoms with E-state index in [9.17, 15) is 4.79 Å². The lowest BCUT2D eigenvalue weighted by atomic mass is 10.0. The standard InChI is InChI=1S/C13H13NO2/c1-8-5-9(2)10-3-4-14-12(7-13(15)16)11(10)6-8/h3-6H,7H2,1-2H3,(H,15,16). The second-order valence-corrected chi connectivity index (χ2v) is 4.01. The summed E-state index contributed by atoms with van der Waals surface area (Å²) >= 11 is 0. The van der Waals surface area contributed by atoms with Crippen LogP contribution in [0.25, 0.3) is 10.8 Å². The van der Waals surface area contributed by atoms with Gasteiger partial charge in [0.05, 0.1) is 12.1 Å². The molecule has 3 nitrogen and oxygen atoms in total. The molecule has 1 heterocycles. The number of carboxylic acids is 1. The Morgan fingerprint density at radius 3 is 2.75 bits per heavy atom. The highest BCUT2D eigenvalue weighted by Crippen LogP contribution is 2.22. The normalized spacial score (nSPS) is 10.6. The molecule has 0 bridgehead atoms. The van der Waals surface area contributed by atoms with Crippen molar-refractivity contribution in [1.82, 2.24) is 4.98 Å². The van der Waals surface area contributed by atoms with Gasteiger partial charge in [-0.05, 0) is 36.9 Å². The monoisotopic (exact) mass is 215 g/mol. The number of benzene rings is 1. The minimum Gasteiger partial charge on any atom is -0.481 e. The number of rotatable bonds is 2. The molecule has 0 saturated heterocycles. The summed E-state index contributed by atoms with van der Waals surface area (Å²) in [4.78, 5) is 14.9. The van der Waals surface area contributed by atoms with Crippen molar-refractivity contribution in [3.63, 3.8) is 0 Å². The van der Waals surface area contributed by atoms with Gasteiger partial charge in [0.15, 0.2) is 0 Å². The van der Waals surface area contributed by atoms with E-state index in [2.05, 4.69) is 11.1 Å². The Bertz CT molecular complexity index is 561. The lowest BCUT2D eigenvalue weighted by Gasteiger charge is -2.07. The van der Waals surface area contributed by atoms with Crippen molar-refractivity contribution in [1.29, 1.82) is 0 Å². The third kappa shape index (κ3) is 1.89. The Kier molecular flexibility index (Phi) is 2.60. The van der Waals surface area contributed by atoms with E-state index in [1.165, 1.54) is 0 Å². The molecule has 0 aliphatic heterocycles. The van der Waals surface area contributed by atoms with E-state index in [4.69, 9.17) is 5.11 Å². The van der Waals surface area contributed by atoms with Crippen molar-refractivity contribution in [3.8, 4) is 0 Å². The van der Waals surface area contributed by atoms with E-state index in [1.807, 2.05) is 26.0 Å². The molecule has 0 unspecified atom stereocenters. The molecule has 0 amide bonds. The largest absolute Gasteiger partial charge is 0.481 e. The first kappa shape index (κ1) is 10.6. The summed E-state index contributed by atoms with van der Waals surface area (Å²) in [6.07, 6.45) is 1.64. The van der Waals surface area contributed by atoms with Crippen molar-refractivity contribution < 1.29 is 9.90 Å². The van der Waals surface area contributed by atoms with Crippen LogP contribution in [-0.2, 0) is 11.2 Å². The average Bonchev–Trinajstić information content (AvgIpc) is 2.18. The Balaban J connectivity index is 2.71. The number of fused-ring (bicyclic) bond motifs is 1. The lowest BCUT2D eigenvalue weighted by Crippen LogP contribution is -2.03. The second kappa shape index (κ2) is 3.93. The summed E-state index contributed by atoms with van der Waals surface area (Å²) in [6.45, 7) is 4.03. The van der Waals surface area contributed by atoms with Crippen LogP contribution >= 0.6 is 0 Å². The van der Waals surface area contributed by atoms with E-state index in [0.29, 0.717) is 5.69 Å². The van der Waals surface area contributed by atoms with Gasteiger partial charge in [-0.15, -0.1) is 0 Å². The number of hydrogen-bond acceptors (Lipinski definition) is 2. The first-order valence-corrected chi connectivity index (χ1v) is 5.14. The molecule has 0 saturated carbocycles. The van der Waals surface area contributed by atoms with E-state index in [0.717, 1.165) is 21.9 Å². The molecule has 1 N–H and O–H groups in total. The smallest absolute Gasteiger partial charge is 0.309 e. The summed E-state index contributed by atoms with van der Waals surface area (Å²) < 4.78 is 0. The van der Waals surface area contributed by atoms with E-state index < -0.39 is 5.97 Å². The van der Waals surface area contributed by atoms with Gasteiger partial charge in [0.1, 0.15) is 0 Å². The van der Waals surface area contributed by atoms with Gasteiger partial charge < -0.3 is 5.11 Å². The predicted molar refractivity (Wildman–Crippen MR) is 62.6 cm³/mol. The minimum absolute atomic E-state index is 0.0275. The molecule has 0 radical (unpaired) electrons. The molecule has 82 valence electrons. The summed E-state index contributed by atoms with van der Waals surface area (Å²) in [5.41, 5.74) is 2.92. The third-order valence-corrected chi connectivity index (χ3v) is 2.63. The first-order chi connectivity index (χ1) is 7.58. The number of aliphatic carboxylic acids is 1. The van der Waals surface area contributed by atoms with Crippen LogP contribution in [0.4, 0.5) is 0 Å². The summed E-state index contributed by atoms with van der Waals surface area (Å²) in [7, 11) is 0. The zero-order chi connectivity index (χ0) is 11.7. The predicted octanol–water partition coefficient (Wildman–Crippen LogP) is 2.48. The number of pyridine rings is 1. The molecule has 16 heavy (non-hydrogen) atoms. The Morgan fingerprint density at radius 2 is 2.06 bits per heavy atom. The van der Waals surface area contributed by atoms with Gasteiger partial charge in [-0.2, -0.15) is 0 Å². The van der Waals surface area contributed by atoms with Gasteiger partial charge in [0, 0.05) is 11.6 Å². The van der Waals surface area contributed by atoms with Gasteiger partial charge >= 0.3 is 5.97 Å². The van der Waals surface area contributed by atoms with Crippen molar-refractivity contribution >= 4 is 16.7 Å². The van der Waals surface area contributed by atoms with Crippen molar-refractivity contribution in [2.24, 2.45) is 0 Å². The molecule has 3 heteroatoms. The Labute approximate surface area is 93.7 Å². The number of aryl methyl sites for hydroxylation is 2. The van der Waals surface area contributed by atoms with Crippen LogP contribution in [0.3, 0.4) is 0 Å². The molecule has 2 rings (SSSR count). The minimum atomic E-state index is -0.848. The highest BCUT2D eigenvalue weighted by atomic mass is 16.4. The van der Waals surface area contributed by atoms with Crippen LogP contribution < -0.4 is 0 Å². The molecule has 0 atom stereocenters. The van der Waals surface area contributed by atoms with E-state index >= 15 is 0 Å². The van der Waals surface area contributed by atoms with E-state index in [-0.39, 0.29) is 6.42 Å². The average molecular weight is 215 g/mol. The van der Waals surface area contributed by atoms with Crippen molar-refractivity contribution in [2.75, 3.05) is 0 Å². The van der Waals surface area contributed by atoms with Gasteiger partial charge in [0.25, 0.3) is 0 Å². The maximum atomic E-state index is 10.7. The van der Waals surface area contributed by atoms with Crippen LogP contribution in [0, 0.1) is 13.8 Å². The molecule has 0 spiro atoms. The number of nitrogens with zero attached hydrogens (tertiary/aromatic N) is 1. The SMILES string of the molecule is Cc1cc(C)c2ccnc(CC(=O)O)c2c1. The fourth-order valence-corrected chi connectivity index (χ4v) is 1.99. The molecular formula is C13H13NO2. The van der Waals surface area contributed by atoms with Crippen molar-refractivity contribution in [2.45, 2.75) is 20.3 Å². The Morgan fingerprint density at radius 1 is 1.31 bits per heavy atom. The molecular weight excluding hydrogens is 202 g/mol. The zero-order valence-corrected chi connectivity index (χ0v) is 9.32. The summed E-state index contributed by atoms with van der Waals surface area (Å²) in [6, 6.07) is 6.01. The highest BCUT2D eigenvalue weighted by molar-refractivity contribution is 5.90. The summed E-state index contributed by atoms with van der Waals surface area (Å²) in [5.74, 6) is -0.848. The molecule has 0 fully saturated rings. The molecule has 1 aromatic carbocycles. The van der Waals surface area contributed by atoms with Crippen LogP contribution in [-0.4, -0.2) is 16.1 Å². The van der Waals surface area contributed by atoms with Gasteiger partial charge in [-0.3, -0.25) is 9.78 Å². The van der Waals surface area contributed by atoms with Crippen molar-refractivity contribution in [3.05, 3.63) is 41.2 Å². The van der Waals surface area contributed by atoms with Gasteiger partial charge in [-0.25, -0.2) is 0 Å². The van der Waals surface area contributed by atoms with Gasteiger partial charge in [0.2, 0.25) is 0 Å². The maximum absolute atomic E-state index is 10.7.